The largest absolute Gasteiger partial charge is 0.497 e. The lowest BCUT2D eigenvalue weighted by Gasteiger charge is -2.02. The molecule has 1 N–H and O–H groups in total. The van der Waals surface area contributed by atoms with Crippen LogP contribution < -0.4 is 19.5 Å². The van der Waals surface area contributed by atoms with Crippen molar-refractivity contribution in [1.82, 2.24) is 14.8 Å². The van der Waals surface area contributed by atoms with Gasteiger partial charge in [-0.15, -0.1) is 11.3 Å². The highest BCUT2D eigenvalue weighted by Gasteiger charge is 2.12. The minimum atomic E-state index is -0.493. The summed E-state index contributed by atoms with van der Waals surface area (Å²) in [4.78, 5) is 26.9. The Morgan fingerprint density at radius 1 is 1.16 bits per heavy atom. The zero-order chi connectivity index (χ0) is 22.5. The second-order valence-electron chi connectivity index (χ2n) is 6.77. The summed E-state index contributed by atoms with van der Waals surface area (Å²) >= 11 is 1.19. The molecular weight excluding hydrogens is 426 g/mol. The number of carbonyl (C=O) groups excluding carboxylic acids is 1. The van der Waals surface area contributed by atoms with E-state index in [0.29, 0.717) is 9.20 Å². The number of methoxy groups -OCH3 is 1. The Labute approximate surface area is 187 Å². The molecule has 0 saturated carbocycles. The van der Waals surface area contributed by atoms with Gasteiger partial charge in [0.05, 0.1) is 30.0 Å². The van der Waals surface area contributed by atoms with Gasteiger partial charge in [-0.3, -0.25) is 4.79 Å². The Morgan fingerprint density at radius 2 is 1.91 bits per heavy atom. The van der Waals surface area contributed by atoms with Crippen LogP contribution in [0.5, 0.6) is 5.75 Å². The maximum atomic E-state index is 12.5. The van der Waals surface area contributed by atoms with Gasteiger partial charge >= 0.3 is 5.97 Å². The van der Waals surface area contributed by atoms with Crippen LogP contribution in [0.2, 0.25) is 0 Å². The van der Waals surface area contributed by atoms with Crippen molar-refractivity contribution in [3.8, 4) is 22.7 Å². The highest BCUT2D eigenvalue weighted by atomic mass is 32.1. The van der Waals surface area contributed by atoms with E-state index in [4.69, 9.17) is 14.6 Å². The molecular formula is C24H21N3O4S. The summed E-state index contributed by atoms with van der Waals surface area (Å²) in [7, 11) is 1.62. The summed E-state index contributed by atoms with van der Waals surface area (Å²) in [5.74, 6) is 0.253. The molecule has 7 nitrogen and oxygen atoms in total. The van der Waals surface area contributed by atoms with E-state index in [1.54, 1.807) is 24.8 Å². The SMILES string of the molecule is CCOC(=O)C=c1[nH]c(=O)c(=Cc2cn(-c3ccccc3)nc2-c2ccc(OC)cc2)s1. The molecule has 0 spiro atoms. The molecule has 0 aliphatic heterocycles. The molecule has 0 fully saturated rings. The number of rotatable bonds is 6. The van der Waals surface area contributed by atoms with Crippen LogP contribution in [0.15, 0.2) is 65.6 Å². The quantitative estimate of drug-likeness (QED) is 0.459. The van der Waals surface area contributed by atoms with E-state index in [9.17, 15) is 9.59 Å². The molecule has 2 heterocycles. The number of hydrogen-bond donors (Lipinski definition) is 1. The number of benzene rings is 2. The predicted octanol–water partition coefficient (Wildman–Crippen LogP) is 2.47. The van der Waals surface area contributed by atoms with Crippen LogP contribution in [-0.2, 0) is 9.53 Å². The first-order chi connectivity index (χ1) is 15.6. The fraction of sp³-hybridized carbons (Fsp3) is 0.125. The smallest absolute Gasteiger partial charge is 0.333 e. The third-order valence-electron chi connectivity index (χ3n) is 4.63. The molecule has 0 saturated heterocycles. The van der Waals surface area contributed by atoms with Gasteiger partial charge in [-0.2, -0.15) is 5.10 Å². The molecule has 2 aromatic carbocycles. The molecule has 8 heteroatoms. The molecule has 0 unspecified atom stereocenters. The second kappa shape index (κ2) is 9.49. The summed E-state index contributed by atoms with van der Waals surface area (Å²) in [6, 6.07) is 17.3. The van der Waals surface area contributed by atoms with Gasteiger partial charge in [-0.1, -0.05) is 18.2 Å². The number of aromatic nitrogens is 3. The molecule has 0 radical (unpaired) electrons. The number of hydrogen-bond acceptors (Lipinski definition) is 6. The first-order valence-corrected chi connectivity index (χ1v) is 10.8. The van der Waals surface area contributed by atoms with Crippen molar-refractivity contribution < 1.29 is 14.3 Å². The average molecular weight is 448 g/mol. The minimum Gasteiger partial charge on any atom is -0.497 e. The molecule has 2 aromatic heterocycles. The third-order valence-corrected chi connectivity index (χ3v) is 5.59. The Kier molecular flexibility index (Phi) is 6.32. The van der Waals surface area contributed by atoms with Crippen molar-refractivity contribution in [3.05, 3.63) is 85.9 Å². The highest BCUT2D eigenvalue weighted by Crippen LogP contribution is 2.26. The molecule has 162 valence electrons. The van der Waals surface area contributed by atoms with E-state index in [-0.39, 0.29) is 12.2 Å². The monoisotopic (exact) mass is 447 g/mol. The van der Waals surface area contributed by atoms with Crippen molar-refractivity contribution in [3.63, 3.8) is 0 Å². The molecule has 0 aliphatic rings. The number of nitrogens with zero attached hydrogens (tertiary/aromatic N) is 2. The lowest BCUT2D eigenvalue weighted by atomic mass is 10.1. The van der Waals surface area contributed by atoms with E-state index in [0.717, 1.165) is 28.3 Å². The van der Waals surface area contributed by atoms with Gasteiger partial charge < -0.3 is 14.5 Å². The van der Waals surface area contributed by atoms with E-state index >= 15 is 0 Å². The van der Waals surface area contributed by atoms with E-state index in [1.807, 2.05) is 60.8 Å². The van der Waals surface area contributed by atoms with Crippen LogP contribution >= 0.6 is 11.3 Å². The molecule has 0 bridgehead atoms. The zero-order valence-corrected chi connectivity index (χ0v) is 18.4. The summed E-state index contributed by atoms with van der Waals surface area (Å²) in [6.07, 6.45) is 4.94. The van der Waals surface area contributed by atoms with E-state index < -0.39 is 5.97 Å². The summed E-state index contributed by atoms with van der Waals surface area (Å²) < 4.78 is 12.8. The minimum absolute atomic E-state index is 0.272. The maximum absolute atomic E-state index is 12.5. The summed E-state index contributed by atoms with van der Waals surface area (Å²) in [5.41, 5.74) is 3.00. The molecule has 4 aromatic rings. The first-order valence-electron chi connectivity index (χ1n) is 9.96. The lowest BCUT2D eigenvalue weighted by molar-refractivity contribution is -0.135. The van der Waals surface area contributed by atoms with Crippen molar-refractivity contribution in [2.24, 2.45) is 0 Å². The van der Waals surface area contributed by atoms with Gasteiger partial charge in [0.1, 0.15) is 16.1 Å². The summed E-state index contributed by atoms with van der Waals surface area (Å²) in [6.45, 7) is 2.00. The van der Waals surface area contributed by atoms with E-state index in [2.05, 4.69) is 4.98 Å². The molecule has 0 aliphatic carbocycles. The van der Waals surface area contributed by atoms with Crippen LogP contribution in [0.3, 0.4) is 0 Å². The van der Waals surface area contributed by atoms with Crippen molar-refractivity contribution in [2.75, 3.05) is 13.7 Å². The molecule has 32 heavy (non-hydrogen) atoms. The van der Waals surface area contributed by atoms with Gasteiger partial charge in [0.25, 0.3) is 5.56 Å². The van der Waals surface area contributed by atoms with Crippen LogP contribution in [0, 0.1) is 0 Å². The number of nitrogens with one attached hydrogen (secondary N) is 1. The number of carbonyl (C=O) groups is 1. The Hall–Kier alpha value is -3.91. The highest BCUT2D eigenvalue weighted by molar-refractivity contribution is 7.07. The third kappa shape index (κ3) is 4.70. The average Bonchev–Trinajstić information content (AvgIpc) is 3.38. The Morgan fingerprint density at radius 3 is 2.59 bits per heavy atom. The van der Waals surface area contributed by atoms with Crippen molar-refractivity contribution >= 4 is 29.5 Å². The van der Waals surface area contributed by atoms with E-state index in [1.165, 1.54) is 17.4 Å². The van der Waals surface area contributed by atoms with Crippen LogP contribution in [-0.4, -0.2) is 34.5 Å². The lowest BCUT2D eigenvalue weighted by Crippen LogP contribution is -2.20. The number of para-hydroxylation sites is 1. The molecule has 4 rings (SSSR count). The molecule has 0 atom stereocenters. The Bertz CT molecular complexity index is 1400. The number of thiazole rings is 1. The summed E-state index contributed by atoms with van der Waals surface area (Å²) in [5, 5.41) is 4.77. The number of ether oxygens (including phenoxy) is 2. The molecule has 0 amide bonds. The van der Waals surface area contributed by atoms with Crippen molar-refractivity contribution in [1.29, 1.82) is 0 Å². The number of aromatic amines is 1. The first kappa shape index (κ1) is 21.3. The van der Waals surface area contributed by atoms with Gasteiger partial charge in [0.2, 0.25) is 0 Å². The topological polar surface area (TPSA) is 86.2 Å². The number of esters is 1. The van der Waals surface area contributed by atoms with Crippen LogP contribution in [0.4, 0.5) is 0 Å². The normalized spacial score (nSPS) is 12.2. The zero-order valence-electron chi connectivity index (χ0n) is 17.6. The second-order valence-corrected chi connectivity index (χ2v) is 7.85. The van der Waals surface area contributed by atoms with Crippen LogP contribution in [0.1, 0.15) is 12.5 Å². The van der Waals surface area contributed by atoms with Crippen molar-refractivity contribution in [2.45, 2.75) is 6.92 Å². The fourth-order valence-electron chi connectivity index (χ4n) is 3.14. The standard InChI is InChI=1S/C24H21N3O4S/c1-3-31-22(28)14-21-25-24(29)20(32-21)13-17-15-27(18-7-5-4-6-8-18)26-23(17)16-9-11-19(30-2)12-10-16/h4-15H,3H2,1-2H3,(H,25,29). The van der Waals surface area contributed by atoms with Gasteiger partial charge in [0.15, 0.2) is 0 Å². The maximum Gasteiger partial charge on any atom is 0.333 e. The van der Waals surface area contributed by atoms with Gasteiger partial charge in [-0.05, 0) is 49.4 Å². The van der Waals surface area contributed by atoms with Crippen LogP contribution in [0.25, 0.3) is 29.1 Å². The predicted molar refractivity (Wildman–Crippen MR) is 124 cm³/mol. The number of H-pyrrole nitrogens is 1. The van der Waals surface area contributed by atoms with Gasteiger partial charge in [-0.25, -0.2) is 9.48 Å². The Balaban J connectivity index is 1.84. The fourth-order valence-corrected chi connectivity index (χ4v) is 4.00. The van der Waals surface area contributed by atoms with Gasteiger partial charge in [0, 0.05) is 17.3 Å².